The second-order valence-electron chi connectivity index (χ2n) is 7.87. The maximum absolute atomic E-state index is 12.6. The van der Waals surface area contributed by atoms with Gasteiger partial charge in [-0.1, -0.05) is 24.3 Å². The highest BCUT2D eigenvalue weighted by Gasteiger charge is 2.23. The largest absolute Gasteiger partial charge is 0.484 e. The van der Waals surface area contributed by atoms with Gasteiger partial charge < -0.3 is 14.5 Å². The van der Waals surface area contributed by atoms with Crippen LogP contribution in [-0.4, -0.2) is 55.1 Å². The van der Waals surface area contributed by atoms with Crippen LogP contribution in [0.5, 0.6) is 5.75 Å². The van der Waals surface area contributed by atoms with E-state index in [0.29, 0.717) is 4.58 Å². The Hall–Kier alpha value is -1.79. The van der Waals surface area contributed by atoms with Crippen LogP contribution in [0.3, 0.4) is 0 Å². The number of piperazine rings is 1. The smallest absolute Gasteiger partial charge is 0.260 e. The van der Waals surface area contributed by atoms with Gasteiger partial charge in [-0.15, -0.1) is 23.5 Å². The summed E-state index contributed by atoms with van der Waals surface area (Å²) in [6.07, 6.45) is 1.30. The van der Waals surface area contributed by atoms with Gasteiger partial charge in [0.15, 0.2) is 6.61 Å². The van der Waals surface area contributed by atoms with Crippen LogP contribution in [0, 0.1) is 13.8 Å². The van der Waals surface area contributed by atoms with Crippen molar-refractivity contribution in [1.82, 2.24) is 4.90 Å². The van der Waals surface area contributed by atoms with E-state index in [2.05, 4.69) is 49.1 Å². The summed E-state index contributed by atoms with van der Waals surface area (Å²) in [5, 5.41) is 0. The summed E-state index contributed by atoms with van der Waals surface area (Å²) in [4.78, 5) is 16.9. The molecule has 4 nitrogen and oxygen atoms in total. The van der Waals surface area contributed by atoms with Crippen LogP contribution in [0.15, 0.2) is 42.5 Å². The lowest BCUT2D eigenvalue weighted by molar-refractivity contribution is -0.133. The summed E-state index contributed by atoms with van der Waals surface area (Å²) in [5.41, 5.74) is 5.26. The van der Waals surface area contributed by atoms with Crippen molar-refractivity contribution in [2.45, 2.75) is 24.9 Å². The van der Waals surface area contributed by atoms with Gasteiger partial charge in [0, 0.05) is 31.9 Å². The van der Waals surface area contributed by atoms with Crippen LogP contribution < -0.4 is 9.64 Å². The SMILES string of the molecule is Cc1cccc(N2CCN(C(=O)COc3ccc(C4SCCCS4)cc3)CC2)c1C. The molecule has 30 heavy (non-hydrogen) atoms. The van der Waals surface area contributed by atoms with Gasteiger partial charge in [-0.2, -0.15) is 0 Å². The minimum absolute atomic E-state index is 0.0677. The molecule has 0 saturated carbocycles. The molecule has 4 rings (SSSR count). The molecule has 0 aliphatic carbocycles. The molecule has 0 radical (unpaired) electrons. The first kappa shape index (κ1) is 21.4. The van der Waals surface area contributed by atoms with E-state index in [1.54, 1.807) is 0 Å². The highest BCUT2D eigenvalue weighted by molar-refractivity contribution is 8.16. The fourth-order valence-corrected chi connectivity index (χ4v) is 6.81. The molecule has 2 aromatic rings. The van der Waals surface area contributed by atoms with E-state index in [0.717, 1.165) is 31.9 Å². The Kier molecular flexibility index (Phi) is 7.16. The number of aryl methyl sites for hydroxylation is 1. The number of hydrogen-bond acceptors (Lipinski definition) is 5. The summed E-state index contributed by atoms with van der Waals surface area (Å²) in [5.74, 6) is 3.31. The van der Waals surface area contributed by atoms with E-state index in [9.17, 15) is 4.79 Å². The number of anilines is 1. The molecule has 0 unspecified atom stereocenters. The van der Waals surface area contributed by atoms with Crippen molar-refractivity contribution in [2.75, 3.05) is 49.2 Å². The number of hydrogen-bond donors (Lipinski definition) is 0. The maximum atomic E-state index is 12.6. The maximum Gasteiger partial charge on any atom is 0.260 e. The molecule has 0 N–H and O–H groups in total. The molecule has 2 aromatic carbocycles. The Labute approximate surface area is 188 Å². The highest BCUT2D eigenvalue weighted by atomic mass is 32.2. The second kappa shape index (κ2) is 10.0. The molecule has 0 spiro atoms. The van der Waals surface area contributed by atoms with Crippen molar-refractivity contribution in [1.29, 1.82) is 0 Å². The van der Waals surface area contributed by atoms with Gasteiger partial charge in [0.2, 0.25) is 0 Å². The highest BCUT2D eigenvalue weighted by Crippen LogP contribution is 2.43. The van der Waals surface area contributed by atoms with Crippen molar-refractivity contribution >= 4 is 35.1 Å². The number of benzene rings is 2. The molecule has 2 fully saturated rings. The van der Waals surface area contributed by atoms with Crippen LogP contribution in [0.25, 0.3) is 0 Å². The third-order valence-corrected chi connectivity index (χ3v) is 8.91. The first-order valence-electron chi connectivity index (χ1n) is 10.7. The minimum Gasteiger partial charge on any atom is -0.484 e. The van der Waals surface area contributed by atoms with Gasteiger partial charge >= 0.3 is 0 Å². The molecular weight excluding hydrogens is 412 g/mol. The second-order valence-corrected chi connectivity index (χ2v) is 10.6. The van der Waals surface area contributed by atoms with E-state index in [1.807, 2.05) is 40.6 Å². The first-order valence-corrected chi connectivity index (χ1v) is 12.8. The lowest BCUT2D eigenvalue weighted by Gasteiger charge is -2.37. The molecule has 1 amide bonds. The van der Waals surface area contributed by atoms with E-state index in [-0.39, 0.29) is 12.5 Å². The van der Waals surface area contributed by atoms with Crippen molar-refractivity contribution < 1.29 is 9.53 Å². The van der Waals surface area contributed by atoms with Crippen molar-refractivity contribution in [3.8, 4) is 5.75 Å². The van der Waals surface area contributed by atoms with E-state index in [1.165, 1.54) is 40.3 Å². The van der Waals surface area contributed by atoms with Crippen molar-refractivity contribution in [2.24, 2.45) is 0 Å². The Balaban J connectivity index is 1.25. The quantitative estimate of drug-likeness (QED) is 0.658. The molecule has 2 aliphatic heterocycles. The lowest BCUT2D eigenvalue weighted by atomic mass is 10.1. The number of thioether (sulfide) groups is 2. The topological polar surface area (TPSA) is 32.8 Å². The fourth-order valence-electron chi connectivity index (χ4n) is 3.91. The van der Waals surface area contributed by atoms with Gasteiger partial charge in [0.1, 0.15) is 5.75 Å². The molecule has 0 bridgehead atoms. The van der Waals surface area contributed by atoms with Crippen molar-refractivity contribution in [3.05, 3.63) is 59.2 Å². The molecule has 2 saturated heterocycles. The molecule has 2 aliphatic rings. The zero-order valence-electron chi connectivity index (χ0n) is 17.8. The van der Waals surface area contributed by atoms with E-state index >= 15 is 0 Å². The summed E-state index contributed by atoms with van der Waals surface area (Å²) in [7, 11) is 0. The zero-order chi connectivity index (χ0) is 20.9. The number of carbonyl (C=O) groups is 1. The summed E-state index contributed by atoms with van der Waals surface area (Å²) in [6.45, 7) is 7.64. The summed E-state index contributed by atoms with van der Waals surface area (Å²) in [6, 6.07) is 14.7. The Morgan fingerprint density at radius 1 is 1.00 bits per heavy atom. The molecule has 0 aromatic heterocycles. The van der Waals surface area contributed by atoms with Crippen molar-refractivity contribution in [3.63, 3.8) is 0 Å². The fraction of sp³-hybridized carbons (Fsp3) is 0.458. The Morgan fingerprint density at radius 2 is 1.70 bits per heavy atom. The van der Waals surface area contributed by atoms with Crippen LogP contribution in [-0.2, 0) is 4.79 Å². The average Bonchev–Trinajstić information content (AvgIpc) is 2.80. The van der Waals surface area contributed by atoms with Gasteiger partial charge in [-0.3, -0.25) is 4.79 Å². The average molecular weight is 443 g/mol. The summed E-state index contributed by atoms with van der Waals surface area (Å²) < 4.78 is 6.32. The number of ether oxygens (including phenoxy) is 1. The molecule has 0 atom stereocenters. The zero-order valence-corrected chi connectivity index (χ0v) is 19.4. The van der Waals surface area contributed by atoms with Gasteiger partial charge in [0.05, 0.1) is 4.58 Å². The number of carbonyl (C=O) groups excluding carboxylic acids is 1. The predicted octanol–water partition coefficient (Wildman–Crippen LogP) is 4.90. The van der Waals surface area contributed by atoms with E-state index < -0.39 is 0 Å². The monoisotopic (exact) mass is 442 g/mol. The number of amides is 1. The van der Waals surface area contributed by atoms with Gasteiger partial charge in [0.25, 0.3) is 5.91 Å². The first-order chi connectivity index (χ1) is 14.6. The van der Waals surface area contributed by atoms with E-state index in [4.69, 9.17) is 4.74 Å². The molecule has 2 heterocycles. The third kappa shape index (κ3) is 5.09. The van der Waals surface area contributed by atoms with Gasteiger partial charge in [-0.05, 0) is 66.7 Å². The van der Waals surface area contributed by atoms with Crippen LogP contribution in [0.1, 0.15) is 27.7 Å². The Morgan fingerprint density at radius 3 is 2.40 bits per heavy atom. The standard InChI is InChI=1S/C24H30N2O2S2/c1-18-5-3-6-22(19(18)2)25-11-13-26(14-12-25)23(27)17-28-21-9-7-20(8-10-21)24-29-15-4-16-30-24/h3,5-10,24H,4,11-17H2,1-2H3. The molecule has 6 heteroatoms. The Bertz CT molecular complexity index is 858. The minimum atomic E-state index is 0.0677. The third-order valence-electron chi connectivity index (χ3n) is 5.89. The predicted molar refractivity (Wildman–Crippen MR) is 129 cm³/mol. The number of nitrogens with zero attached hydrogens (tertiary/aromatic N) is 2. The van der Waals surface area contributed by atoms with Crippen LogP contribution >= 0.6 is 23.5 Å². The lowest BCUT2D eigenvalue weighted by Crippen LogP contribution is -2.50. The van der Waals surface area contributed by atoms with Crippen LogP contribution in [0.2, 0.25) is 0 Å². The summed E-state index contributed by atoms with van der Waals surface area (Å²) >= 11 is 4.03. The number of rotatable bonds is 5. The van der Waals surface area contributed by atoms with Crippen LogP contribution in [0.4, 0.5) is 5.69 Å². The molecular formula is C24H30N2O2S2. The normalized spacial score (nSPS) is 17.8. The molecule has 160 valence electrons. The van der Waals surface area contributed by atoms with Gasteiger partial charge in [-0.25, -0.2) is 0 Å².